The molecule has 1 aliphatic carbocycles. The second-order valence-corrected chi connectivity index (χ2v) is 8.91. The Morgan fingerprint density at radius 1 is 1.11 bits per heavy atom. The van der Waals surface area contributed by atoms with E-state index in [0.29, 0.717) is 49.3 Å². The summed E-state index contributed by atoms with van der Waals surface area (Å²) in [6, 6.07) is 13.1. The largest absolute Gasteiger partial charge is 0.459 e. The van der Waals surface area contributed by atoms with Crippen molar-refractivity contribution < 1.29 is 13.6 Å². The Labute approximate surface area is 201 Å². The van der Waals surface area contributed by atoms with E-state index in [1.54, 1.807) is 12.1 Å². The average molecular weight is 470 g/mol. The number of amides is 1. The molecule has 3 aromatic heterocycles. The van der Waals surface area contributed by atoms with Gasteiger partial charge in [0, 0.05) is 36.2 Å². The Balaban J connectivity index is 1.06. The molecule has 4 heterocycles. The number of hydrogen-bond acceptors (Lipinski definition) is 8. The second-order valence-electron chi connectivity index (χ2n) is 8.91. The number of furan rings is 1. The van der Waals surface area contributed by atoms with Gasteiger partial charge in [0.25, 0.3) is 5.89 Å². The number of H-pyrrole nitrogens is 1. The van der Waals surface area contributed by atoms with Gasteiger partial charge in [-0.25, -0.2) is 4.98 Å². The van der Waals surface area contributed by atoms with Crippen molar-refractivity contribution in [2.45, 2.75) is 31.6 Å². The Bertz CT molecular complexity index is 1370. The van der Waals surface area contributed by atoms with Crippen LogP contribution in [0.4, 0.5) is 11.6 Å². The Kier molecular flexibility index (Phi) is 5.29. The summed E-state index contributed by atoms with van der Waals surface area (Å²) in [6.07, 6.45) is 5.16. The highest BCUT2D eigenvalue weighted by atomic mass is 16.4. The molecule has 1 aliphatic heterocycles. The third-order valence-electron chi connectivity index (χ3n) is 6.48. The molecule has 2 aliphatic rings. The van der Waals surface area contributed by atoms with Crippen molar-refractivity contribution in [1.29, 1.82) is 5.26 Å². The van der Waals surface area contributed by atoms with Gasteiger partial charge in [-0.2, -0.15) is 15.3 Å². The Morgan fingerprint density at radius 2 is 1.91 bits per heavy atom. The molecule has 0 atom stereocenters. The number of hydrogen-bond donors (Lipinski definition) is 2. The summed E-state index contributed by atoms with van der Waals surface area (Å²) in [4.78, 5) is 23.7. The van der Waals surface area contributed by atoms with Gasteiger partial charge in [0.15, 0.2) is 11.6 Å². The number of oxazole rings is 1. The molecule has 4 aromatic rings. The van der Waals surface area contributed by atoms with Crippen LogP contribution in [-0.4, -0.2) is 39.2 Å². The first-order chi connectivity index (χ1) is 17.2. The lowest BCUT2D eigenvalue weighted by atomic mass is 9.95. The van der Waals surface area contributed by atoms with Crippen LogP contribution >= 0.6 is 0 Å². The highest BCUT2D eigenvalue weighted by Gasteiger charge is 2.30. The summed E-state index contributed by atoms with van der Waals surface area (Å²) >= 11 is 0. The van der Waals surface area contributed by atoms with Gasteiger partial charge in [-0.15, -0.1) is 0 Å². The number of aromatic amines is 1. The zero-order chi connectivity index (χ0) is 23.8. The lowest BCUT2D eigenvalue weighted by Crippen LogP contribution is -2.38. The molecule has 2 N–H and O–H groups in total. The number of carbonyl (C=O) groups excluding carboxylic acids is 1. The number of carbonyl (C=O) groups is 1. The fourth-order valence-electron chi connectivity index (χ4n) is 4.34. The quantitative estimate of drug-likeness (QED) is 0.426. The van der Waals surface area contributed by atoms with Crippen molar-refractivity contribution in [2.24, 2.45) is 5.92 Å². The molecule has 0 radical (unpaired) electrons. The van der Waals surface area contributed by atoms with E-state index in [2.05, 4.69) is 31.6 Å². The molecular formula is C25H23N7O3. The normalized spacial score (nSPS) is 16.3. The smallest absolute Gasteiger partial charge is 0.266 e. The molecule has 0 bridgehead atoms. The monoisotopic (exact) mass is 469 g/mol. The lowest BCUT2D eigenvalue weighted by molar-refractivity contribution is -0.120. The van der Waals surface area contributed by atoms with Crippen molar-refractivity contribution in [3.8, 4) is 29.1 Å². The molecule has 1 aromatic carbocycles. The van der Waals surface area contributed by atoms with Gasteiger partial charge < -0.3 is 19.1 Å². The number of nitrogens with one attached hydrogen (secondary N) is 2. The molecule has 1 saturated heterocycles. The number of nitriles is 1. The summed E-state index contributed by atoms with van der Waals surface area (Å²) in [7, 11) is 0. The molecule has 1 amide bonds. The van der Waals surface area contributed by atoms with Gasteiger partial charge in [-0.05, 0) is 62.1 Å². The Morgan fingerprint density at radius 3 is 2.60 bits per heavy atom. The van der Waals surface area contributed by atoms with Crippen LogP contribution in [0, 0.1) is 17.2 Å². The molecule has 10 heteroatoms. The van der Waals surface area contributed by atoms with Crippen molar-refractivity contribution >= 4 is 17.5 Å². The van der Waals surface area contributed by atoms with E-state index >= 15 is 0 Å². The molecule has 35 heavy (non-hydrogen) atoms. The summed E-state index contributed by atoms with van der Waals surface area (Å²) in [6.45, 7) is 1.18. The van der Waals surface area contributed by atoms with E-state index in [-0.39, 0.29) is 23.4 Å². The van der Waals surface area contributed by atoms with Crippen molar-refractivity contribution in [3.05, 3.63) is 54.2 Å². The number of nitrogens with zero attached hydrogens (tertiary/aromatic N) is 5. The van der Waals surface area contributed by atoms with Crippen LogP contribution in [0.1, 0.15) is 43.1 Å². The first-order valence-electron chi connectivity index (χ1n) is 11.7. The van der Waals surface area contributed by atoms with E-state index in [1.807, 2.05) is 29.2 Å². The zero-order valence-electron chi connectivity index (χ0n) is 18.9. The highest BCUT2D eigenvalue weighted by Crippen LogP contribution is 2.38. The van der Waals surface area contributed by atoms with E-state index in [9.17, 15) is 10.1 Å². The molecule has 0 unspecified atom stereocenters. The molecular weight excluding hydrogens is 446 g/mol. The van der Waals surface area contributed by atoms with Crippen molar-refractivity contribution in [1.82, 2.24) is 20.2 Å². The van der Waals surface area contributed by atoms with Gasteiger partial charge in [0.2, 0.25) is 17.5 Å². The minimum absolute atomic E-state index is 0.0133. The summed E-state index contributed by atoms with van der Waals surface area (Å²) in [5.74, 6) is 3.18. The Hall–Kier alpha value is -4.39. The summed E-state index contributed by atoms with van der Waals surface area (Å²) < 4.78 is 11.2. The van der Waals surface area contributed by atoms with Crippen LogP contribution in [0.3, 0.4) is 0 Å². The maximum absolute atomic E-state index is 12.9. The van der Waals surface area contributed by atoms with E-state index in [0.717, 1.165) is 17.1 Å². The predicted molar refractivity (Wildman–Crippen MR) is 126 cm³/mol. The number of anilines is 2. The molecule has 6 rings (SSSR count). The molecule has 176 valence electrons. The van der Waals surface area contributed by atoms with Gasteiger partial charge >= 0.3 is 0 Å². The van der Waals surface area contributed by atoms with Crippen LogP contribution in [0.2, 0.25) is 0 Å². The summed E-state index contributed by atoms with van der Waals surface area (Å²) in [5, 5.41) is 19.8. The summed E-state index contributed by atoms with van der Waals surface area (Å²) in [5.41, 5.74) is 1.87. The fraction of sp³-hybridized carbons (Fsp3) is 0.320. The number of aromatic nitrogens is 4. The third kappa shape index (κ3) is 4.28. The first kappa shape index (κ1) is 21.2. The molecule has 0 spiro atoms. The van der Waals surface area contributed by atoms with Crippen molar-refractivity contribution in [2.75, 3.05) is 23.3 Å². The van der Waals surface area contributed by atoms with Crippen LogP contribution < -0.4 is 10.2 Å². The van der Waals surface area contributed by atoms with Crippen molar-refractivity contribution in [3.63, 3.8) is 0 Å². The fourth-order valence-corrected chi connectivity index (χ4v) is 4.34. The van der Waals surface area contributed by atoms with Gasteiger partial charge in [0.05, 0.1) is 6.26 Å². The van der Waals surface area contributed by atoms with E-state index < -0.39 is 0 Å². The minimum Gasteiger partial charge on any atom is -0.459 e. The topological polar surface area (TPSA) is 137 Å². The van der Waals surface area contributed by atoms with Crippen LogP contribution in [0.5, 0.6) is 0 Å². The number of benzene rings is 1. The lowest BCUT2D eigenvalue weighted by Gasteiger charge is -2.30. The molecule has 2 fully saturated rings. The predicted octanol–water partition coefficient (Wildman–Crippen LogP) is 4.32. The molecule has 1 saturated carbocycles. The van der Waals surface area contributed by atoms with Gasteiger partial charge in [0.1, 0.15) is 11.9 Å². The zero-order valence-corrected chi connectivity index (χ0v) is 18.9. The van der Waals surface area contributed by atoms with Crippen LogP contribution in [0.25, 0.3) is 23.0 Å². The standard InChI is InChI=1S/C25H23N7O3/c26-14-19-25(35-24(28-19)20-2-1-13-34-20)32-11-9-17(10-12-32)23(33)27-18-7-5-16(6-8-18)22-29-21(30-31-22)15-3-4-15/h1-2,5-8,13,15,17H,3-4,9-12H2,(H,27,33)(H,29,30,31). The third-order valence-corrected chi connectivity index (χ3v) is 6.48. The minimum atomic E-state index is -0.127. The number of piperidine rings is 1. The first-order valence-corrected chi connectivity index (χ1v) is 11.7. The van der Waals surface area contributed by atoms with Crippen LogP contribution in [-0.2, 0) is 4.79 Å². The average Bonchev–Trinajstić information content (AvgIpc) is 3.29. The van der Waals surface area contributed by atoms with E-state index in [4.69, 9.17) is 8.83 Å². The second kappa shape index (κ2) is 8.76. The van der Waals surface area contributed by atoms with Crippen LogP contribution in [0.15, 0.2) is 51.5 Å². The van der Waals surface area contributed by atoms with Gasteiger partial charge in [-0.1, -0.05) is 0 Å². The number of rotatable bonds is 6. The maximum Gasteiger partial charge on any atom is 0.266 e. The maximum atomic E-state index is 12.9. The van der Waals surface area contributed by atoms with E-state index in [1.165, 1.54) is 19.1 Å². The highest BCUT2D eigenvalue weighted by molar-refractivity contribution is 5.93. The SMILES string of the molecule is N#Cc1nc(-c2ccco2)oc1N1CCC(C(=O)Nc2ccc(-c3n[nH]c(C4CC4)n3)cc2)CC1. The van der Waals surface area contributed by atoms with Gasteiger partial charge in [-0.3, -0.25) is 9.89 Å². The molecule has 10 nitrogen and oxygen atoms in total.